The molecule has 0 radical (unpaired) electrons. The van der Waals surface area contributed by atoms with Crippen molar-refractivity contribution in [2.45, 2.75) is 50.6 Å². The summed E-state index contributed by atoms with van der Waals surface area (Å²) in [7, 11) is 0. The molecule has 1 saturated heterocycles. The smallest absolute Gasteiger partial charge is 0.251 e. The molecule has 1 aliphatic heterocycles. The summed E-state index contributed by atoms with van der Waals surface area (Å²) in [6.07, 6.45) is 6.31. The van der Waals surface area contributed by atoms with Crippen molar-refractivity contribution in [2.75, 3.05) is 23.4 Å². The van der Waals surface area contributed by atoms with Gasteiger partial charge in [-0.1, -0.05) is 19.3 Å². The second-order valence-electron chi connectivity index (χ2n) is 6.86. The Hall–Kier alpha value is -1.53. The molecule has 5 nitrogen and oxygen atoms in total. The van der Waals surface area contributed by atoms with Gasteiger partial charge in [-0.2, -0.15) is 11.8 Å². The molecule has 1 saturated carbocycles. The van der Waals surface area contributed by atoms with Crippen LogP contribution in [0, 0.1) is 0 Å². The van der Waals surface area contributed by atoms with E-state index >= 15 is 0 Å². The summed E-state index contributed by atoms with van der Waals surface area (Å²) < 4.78 is 0. The number of amides is 2. The topological polar surface area (TPSA) is 70.2 Å². The molecule has 2 fully saturated rings. The summed E-state index contributed by atoms with van der Waals surface area (Å²) in [5, 5.41) is 9.39. The molecule has 0 spiro atoms. The zero-order chi connectivity index (χ0) is 17.5. The molecular formula is C19H27N3O2S. The van der Waals surface area contributed by atoms with Crippen LogP contribution >= 0.6 is 11.8 Å². The Morgan fingerprint density at radius 1 is 1.12 bits per heavy atom. The predicted molar refractivity (Wildman–Crippen MR) is 103 cm³/mol. The van der Waals surface area contributed by atoms with Crippen LogP contribution < -0.4 is 16.0 Å². The van der Waals surface area contributed by atoms with Gasteiger partial charge < -0.3 is 16.0 Å². The lowest BCUT2D eigenvalue weighted by Gasteiger charge is -2.23. The number of rotatable bonds is 5. The molecule has 25 heavy (non-hydrogen) atoms. The minimum atomic E-state index is -0.0202. The minimum absolute atomic E-state index is 0.0133. The maximum atomic E-state index is 12.3. The lowest BCUT2D eigenvalue weighted by atomic mass is 9.95. The van der Waals surface area contributed by atoms with Crippen molar-refractivity contribution >= 4 is 29.3 Å². The Morgan fingerprint density at radius 3 is 2.56 bits per heavy atom. The largest absolute Gasteiger partial charge is 0.349 e. The molecule has 1 atom stereocenters. The van der Waals surface area contributed by atoms with E-state index in [0.29, 0.717) is 18.0 Å². The predicted octanol–water partition coefficient (Wildman–Crippen LogP) is 2.78. The first-order valence-electron chi connectivity index (χ1n) is 9.22. The zero-order valence-corrected chi connectivity index (χ0v) is 15.4. The van der Waals surface area contributed by atoms with Crippen molar-refractivity contribution in [2.24, 2.45) is 0 Å². The quantitative estimate of drug-likeness (QED) is 0.754. The summed E-state index contributed by atoms with van der Waals surface area (Å²) in [4.78, 5) is 24.4. The summed E-state index contributed by atoms with van der Waals surface area (Å²) in [5.41, 5.74) is 1.39. The number of anilines is 1. The Morgan fingerprint density at radius 2 is 1.88 bits per heavy atom. The normalized spacial score (nSPS) is 21.5. The van der Waals surface area contributed by atoms with Gasteiger partial charge in [0.15, 0.2) is 0 Å². The molecule has 0 aromatic heterocycles. The van der Waals surface area contributed by atoms with Gasteiger partial charge in [-0.15, -0.1) is 0 Å². The van der Waals surface area contributed by atoms with Crippen molar-refractivity contribution < 1.29 is 9.59 Å². The molecule has 1 aromatic carbocycles. The summed E-state index contributed by atoms with van der Waals surface area (Å²) in [6, 6.07) is 7.72. The fourth-order valence-corrected chi connectivity index (χ4v) is 4.36. The first kappa shape index (κ1) is 18.3. The third kappa shape index (κ3) is 5.75. The molecule has 6 heteroatoms. The number of thioether (sulfide) groups is 1. The van der Waals surface area contributed by atoms with Gasteiger partial charge >= 0.3 is 0 Å². The Kier molecular flexibility index (Phi) is 6.76. The maximum absolute atomic E-state index is 12.3. The van der Waals surface area contributed by atoms with E-state index in [9.17, 15) is 9.59 Å². The average molecular weight is 362 g/mol. The van der Waals surface area contributed by atoms with E-state index in [0.717, 1.165) is 36.6 Å². The van der Waals surface area contributed by atoms with E-state index in [2.05, 4.69) is 16.0 Å². The van der Waals surface area contributed by atoms with Crippen molar-refractivity contribution in [3.05, 3.63) is 29.8 Å². The molecule has 136 valence electrons. The molecule has 0 bridgehead atoms. The zero-order valence-electron chi connectivity index (χ0n) is 14.6. The van der Waals surface area contributed by atoms with Gasteiger partial charge in [-0.25, -0.2) is 0 Å². The molecule has 1 aromatic rings. The van der Waals surface area contributed by atoms with Crippen LogP contribution in [0.4, 0.5) is 5.69 Å². The van der Waals surface area contributed by atoms with E-state index in [1.54, 1.807) is 24.3 Å². The van der Waals surface area contributed by atoms with Crippen LogP contribution in [0.25, 0.3) is 0 Å². The van der Waals surface area contributed by atoms with Crippen molar-refractivity contribution in [1.82, 2.24) is 10.6 Å². The number of carbonyl (C=O) groups is 2. The number of hydrogen-bond donors (Lipinski definition) is 3. The first-order chi connectivity index (χ1) is 12.2. The molecule has 3 rings (SSSR count). The summed E-state index contributed by atoms with van der Waals surface area (Å²) in [6.45, 7) is 0.966. The third-order valence-electron chi connectivity index (χ3n) is 4.80. The lowest BCUT2D eigenvalue weighted by molar-refractivity contribution is -0.116. The molecular weight excluding hydrogens is 334 g/mol. The van der Waals surface area contributed by atoms with Crippen LogP contribution in [0.3, 0.4) is 0 Å². The molecule has 2 aliphatic rings. The molecule has 1 aliphatic carbocycles. The number of benzene rings is 1. The van der Waals surface area contributed by atoms with Gasteiger partial charge in [-0.3, -0.25) is 9.59 Å². The van der Waals surface area contributed by atoms with Crippen LogP contribution in [0.2, 0.25) is 0 Å². The minimum Gasteiger partial charge on any atom is -0.349 e. The average Bonchev–Trinajstić information content (AvgIpc) is 2.64. The van der Waals surface area contributed by atoms with Gasteiger partial charge in [0.05, 0.1) is 0 Å². The Labute approximate surface area is 153 Å². The first-order valence-corrected chi connectivity index (χ1v) is 10.4. The Bertz CT molecular complexity index is 579. The van der Waals surface area contributed by atoms with Crippen LogP contribution in [-0.4, -0.2) is 41.9 Å². The molecule has 2 amide bonds. The van der Waals surface area contributed by atoms with Gasteiger partial charge in [0.2, 0.25) is 5.91 Å². The highest BCUT2D eigenvalue weighted by Gasteiger charge is 2.18. The molecule has 3 N–H and O–H groups in total. The van der Waals surface area contributed by atoms with Crippen LogP contribution in [0.15, 0.2) is 24.3 Å². The van der Waals surface area contributed by atoms with Crippen LogP contribution in [-0.2, 0) is 4.79 Å². The van der Waals surface area contributed by atoms with Gasteiger partial charge in [0, 0.05) is 47.8 Å². The lowest BCUT2D eigenvalue weighted by Crippen LogP contribution is -2.39. The van der Waals surface area contributed by atoms with E-state index < -0.39 is 0 Å². The molecule has 1 unspecified atom stereocenters. The fourth-order valence-electron chi connectivity index (χ4n) is 3.41. The van der Waals surface area contributed by atoms with Crippen LogP contribution in [0.5, 0.6) is 0 Å². The van der Waals surface area contributed by atoms with Crippen molar-refractivity contribution in [1.29, 1.82) is 0 Å². The second kappa shape index (κ2) is 9.25. The standard InChI is InChI=1S/C19H27N3O2S/c23-18(12-17-13-25-11-10-20-17)21-16-8-6-14(7-9-16)19(24)22-15-4-2-1-3-5-15/h6-9,15,17,20H,1-5,10-13H2,(H,21,23)(H,22,24). The monoisotopic (exact) mass is 361 g/mol. The van der Waals surface area contributed by atoms with E-state index in [1.807, 2.05) is 11.8 Å². The Balaban J connectivity index is 1.47. The van der Waals surface area contributed by atoms with E-state index in [-0.39, 0.29) is 17.9 Å². The summed E-state index contributed by atoms with van der Waals surface area (Å²) >= 11 is 1.88. The highest BCUT2D eigenvalue weighted by Crippen LogP contribution is 2.18. The van der Waals surface area contributed by atoms with Crippen LogP contribution in [0.1, 0.15) is 48.9 Å². The number of carbonyl (C=O) groups excluding carboxylic acids is 2. The van der Waals surface area contributed by atoms with Crippen molar-refractivity contribution in [3.8, 4) is 0 Å². The van der Waals surface area contributed by atoms with Crippen molar-refractivity contribution in [3.63, 3.8) is 0 Å². The molecule has 1 heterocycles. The maximum Gasteiger partial charge on any atom is 0.251 e. The number of hydrogen-bond acceptors (Lipinski definition) is 4. The van der Waals surface area contributed by atoms with Gasteiger partial charge in [0.1, 0.15) is 0 Å². The summed E-state index contributed by atoms with van der Waals surface area (Å²) in [5.74, 6) is 2.09. The number of nitrogens with one attached hydrogen (secondary N) is 3. The fraction of sp³-hybridized carbons (Fsp3) is 0.579. The SMILES string of the molecule is O=C(CC1CSCCN1)Nc1ccc(C(=O)NC2CCCCC2)cc1. The van der Waals surface area contributed by atoms with Gasteiger partial charge in [0.25, 0.3) is 5.91 Å². The second-order valence-corrected chi connectivity index (χ2v) is 8.01. The highest BCUT2D eigenvalue weighted by molar-refractivity contribution is 7.99. The van der Waals surface area contributed by atoms with Gasteiger partial charge in [-0.05, 0) is 37.1 Å². The third-order valence-corrected chi connectivity index (χ3v) is 5.93. The highest BCUT2D eigenvalue weighted by atomic mass is 32.2. The van der Waals surface area contributed by atoms with E-state index in [1.165, 1.54) is 19.3 Å². The van der Waals surface area contributed by atoms with E-state index in [4.69, 9.17) is 0 Å².